The molecule has 0 N–H and O–H groups in total. The van der Waals surface area contributed by atoms with Crippen LogP contribution in [-0.4, -0.2) is 72.7 Å². The third kappa shape index (κ3) is 5.43. The average Bonchev–Trinajstić information content (AvgIpc) is 3.30. The van der Waals surface area contributed by atoms with Crippen LogP contribution in [-0.2, 0) is 23.8 Å². The van der Waals surface area contributed by atoms with E-state index >= 15 is 0 Å². The highest BCUT2D eigenvalue weighted by molar-refractivity contribution is 7.99. The molecule has 1 aromatic carbocycles. The Hall–Kier alpha value is -1.78. The predicted molar refractivity (Wildman–Crippen MR) is 109 cm³/mol. The number of benzene rings is 1. The van der Waals surface area contributed by atoms with E-state index in [9.17, 15) is 18.0 Å². The number of hydrogen-bond donors (Lipinski definition) is 0. The quantitative estimate of drug-likeness (QED) is 0.661. The van der Waals surface area contributed by atoms with Crippen LogP contribution < -0.4 is 0 Å². The smallest absolute Gasteiger partial charge is 0.411 e. The summed E-state index contributed by atoms with van der Waals surface area (Å²) in [4.78, 5) is 28.7. The first-order valence-corrected chi connectivity index (χ1v) is 12.0. The molecule has 2 saturated heterocycles. The van der Waals surface area contributed by atoms with Gasteiger partial charge in [0.1, 0.15) is 11.6 Å². The molecule has 2 atom stereocenters. The number of likely N-dealkylation sites (tertiary alicyclic amines) is 1. The Kier molecular flexibility index (Phi) is 6.45. The highest BCUT2D eigenvalue weighted by atomic mass is 32.2. The molecule has 2 aliphatic heterocycles. The Labute approximate surface area is 175 Å². The maximum absolute atomic E-state index is 13.0. The summed E-state index contributed by atoms with van der Waals surface area (Å²) in [5.41, 5.74) is -0.733. The lowest BCUT2D eigenvalue weighted by Crippen LogP contribution is -2.48. The molecule has 2 aliphatic rings. The Morgan fingerprint density at radius 2 is 1.86 bits per heavy atom. The standard InChI is InChI=1S/C19H26N2O6S2/c1-19(2,3)26-18(23)21-12-14(11-16(21)17(22)20-9-10-28-13-20)27-29(24,25)15-7-5-4-6-8-15/h4-8,14,16H,9-13H2,1-3H3. The van der Waals surface area contributed by atoms with Crippen molar-refractivity contribution in [2.45, 2.75) is 49.8 Å². The minimum absolute atomic E-state index is 0.0294. The summed E-state index contributed by atoms with van der Waals surface area (Å²) in [5.74, 6) is 1.20. The molecule has 2 unspecified atom stereocenters. The molecule has 2 amide bonds. The highest BCUT2D eigenvalue weighted by Crippen LogP contribution is 2.28. The number of rotatable bonds is 4. The second kappa shape index (κ2) is 8.53. The summed E-state index contributed by atoms with van der Waals surface area (Å²) in [6.45, 7) is 5.79. The van der Waals surface area contributed by atoms with Gasteiger partial charge < -0.3 is 9.64 Å². The highest BCUT2D eigenvalue weighted by Gasteiger charge is 2.45. The number of nitrogens with zero attached hydrogens (tertiary/aromatic N) is 2. The normalized spacial score (nSPS) is 22.7. The van der Waals surface area contributed by atoms with Crippen molar-refractivity contribution in [2.24, 2.45) is 0 Å². The molecule has 29 heavy (non-hydrogen) atoms. The Balaban J connectivity index is 1.78. The zero-order valence-corrected chi connectivity index (χ0v) is 18.4. The van der Waals surface area contributed by atoms with E-state index in [1.54, 1.807) is 55.6 Å². The summed E-state index contributed by atoms with van der Waals surface area (Å²) >= 11 is 1.64. The molecule has 8 nitrogen and oxygen atoms in total. The van der Waals surface area contributed by atoms with Gasteiger partial charge in [-0.2, -0.15) is 8.42 Å². The van der Waals surface area contributed by atoms with Gasteiger partial charge in [-0.1, -0.05) is 18.2 Å². The Morgan fingerprint density at radius 3 is 2.45 bits per heavy atom. The summed E-state index contributed by atoms with van der Waals surface area (Å²) in [6, 6.07) is 7.01. The van der Waals surface area contributed by atoms with Crippen molar-refractivity contribution in [3.8, 4) is 0 Å². The number of thioether (sulfide) groups is 1. The van der Waals surface area contributed by atoms with Gasteiger partial charge in [0.2, 0.25) is 5.91 Å². The lowest BCUT2D eigenvalue weighted by atomic mass is 10.1. The monoisotopic (exact) mass is 442 g/mol. The number of carbonyl (C=O) groups excluding carboxylic acids is 2. The number of carbonyl (C=O) groups is 2. The molecule has 2 heterocycles. The molecule has 10 heteroatoms. The van der Waals surface area contributed by atoms with E-state index in [4.69, 9.17) is 8.92 Å². The van der Waals surface area contributed by atoms with Gasteiger partial charge in [0.25, 0.3) is 10.1 Å². The molecule has 160 valence electrons. The van der Waals surface area contributed by atoms with Crippen molar-refractivity contribution in [3.63, 3.8) is 0 Å². The fourth-order valence-electron chi connectivity index (χ4n) is 3.24. The van der Waals surface area contributed by atoms with Crippen molar-refractivity contribution in [1.82, 2.24) is 9.80 Å². The van der Waals surface area contributed by atoms with E-state index in [0.717, 1.165) is 5.75 Å². The van der Waals surface area contributed by atoms with Crippen LogP contribution in [0.25, 0.3) is 0 Å². The Bertz CT molecular complexity index is 847. The van der Waals surface area contributed by atoms with Gasteiger partial charge in [0.15, 0.2) is 0 Å². The van der Waals surface area contributed by atoms with Gasteiger partial charge in [-0.3, -0.25) is 13.9 Å². The van der Waals surface area contributed by atoms with E-state index in [0.29, 0.717) is 12.4 Å². The van der Waals surface area contributed by atoms with Crippen LogP contribution in [0.4, 0.5) is 4.79 Å². The van der Waals surface area contributed by atoms with E-state index in [1.165, 1.54) is 17.0 Å². The van der Waals surface area contributed by atoms with E-state index in [2.05, 4.69) is 0 Å². The van der Waals surface area contributed by atoms with Crippen molar-refractivity contribution >= 4 is 33.9 Å². The molecular weight excluding hydrogens is 416 g/mol. The minimum atomic E-state index is -4.00. The van der Waals surface area contributed by atoms with Crippen LogP contribution in [0.3, 0.4) is 0 Å². The summed E-state index contributed by atoms with van der Waals surface area (Å²) < 4.78 is 36.0. The van der Waals surface area contributed by atoms with Crippen LogP contribution in [0.2, 0.25) is 0 Å². The van der Waals surface area contributed by atoms with Crippen LogP contribution in [0.1, 0.15) is 27.2 Å². The summed E-state index contributed by atoms with van der Waals surface area (Å²) in [7, 11) is -4.00. The second-order valence-electron chi connectivity index (χ2n) is 8.01. The number of hydrogen-bond acceptors (Lipinski definition) is 7. The van der Waals surface area contributed by atoms with Crippen molar-refractivity contribution < 1.29 is 26.9 Å². The third-order valence-electron chi connectivity index (χ3n) is 4.53. The first-order chi connectivity index (χ1) is 13.6. The van der Waals surface area contributed by atoms with Crippen molar-refractivity contribution in [3.05, 3.63) is 30.3 Å². The molecule has 0 aromatic heterocycles. The van der Waals surface area contributed by atoms with Crippen LogP contribution >= 0.6 is 11.8 Å². The molecule has 3 rings (SSSR count). The van der Waals surface area contributed by atoms with Gasteiger partial charge >= 0.3 is 6.09 Å². The molecule has 0 radical (unpaired) electrons. The fraction of sp³-hybridized carbons (Fsp3) is 0.579. The van der Waals surface area contributed by atoms with E-state index in [1.807, 2.05) is 0 Å². The third-order valence-corrected chi connectivity index (χ3v) is 6.88. The second-order valence-corrected chi connectivity index (χ2v) is 10.7. The molecule has 1 aromatic rings. The van der Waals surface area contributed by atoms with Gasteiger partial charge in [0.05, 0.1) is 23.4 Å². The van der Waals surface area contributed by atoms with Crippen LogP contribution in [0.5, 0.6) is 0 Å². The molecule has 0 bridgehead atoms. The molecule has 0 saturated carbocycles. The largest absolute Gasteiger partial charge is 0.444 e. The first-order valence-electron chi connectivity index (χ1n) is 9.41. The molecule has 2 fully saturated rings. The van der Waals surface area contributed by atoms with Gasteiger partial charge in [0, 0.05) is 18.7 Å². The zero-order valence-electron chi connectivity index (χ0n) is 16.7. The van der Waals surface area contributed by atoms with E-state index < -0.39 is 34.0 Å². The lowest BCUT2D eigenvalue weighted by Gasteiger charge is -2.29. The minimum Gasteiger partial charge on any atom is -0.444 e. The Morgan fingerprint density at radius 1 is 1.17 bits per heavy atom. The van der Waals surface area contributed by atoms with Crippen LogP contribution in [0, 0.1) is 0 Å². The molecular formula is C19H26N2O6S2. The predicted octanol–water partition coefficient (Wildman–Crippen LogP) is 2.30. The lowest BCUT2D eigenvalue weighted by molar-refractivity contribution is -0.134. The SMILES string of the molecule is CC(C)(C)OC(=O)N1CC(OS(=O)(=O)c2ccccc2)CC1C(=O)N1CCSC1. The van der Waals surface area contributed by atoms with Gasteiger partial charge in [-0.15, -0.1) is 11.8 Å². The van der Waals surface area contributed by atoms with Gasteiger partial charge in [-0.05, 0) is 32.9 Å². The number of ether oxygens (including phenoxy) is 1. The maximum atomic E-state index is 13.0. The number of amides is 2. The summed E-state index contributed by atoms with van der Waals surface area (Å²) in [6.07, 6.45) is -1.37. The topological polar surface area (TPSA) is 93.2 Å². The van der Waals surface area contributed by atoms with Crippen molar-refractivity contribution in [2.75, 3.05) is 24.7 Å². The summed E-state index contributed by atoms with van der Waals surface area (Å²) in [5, 5.41) is 0. The molecule has 0 spiro atoms. The average molecular weight is 443 g/mol. The van der Waals surface area contributed by atoms with Gasteiger partial charge in [-0.25, -0.2) is 4.79 Å². The zero-order chi connectivity index (χ0) is 21.2. The van der Waals surface area contributed by atoms with E-state index in [-0.39, 0.29) is 23.8 Å². The molecule has 0 aliphatic carbocycles. The first kappa shape index (κ1) is 21.9. The van der Waals surface area contributed by atoms with Crippen LogP contribution in [0.15, 0.2) is 35.2 Å². The maximum Gasteiger partial charge on any atom is 0.411 e. The van der Waals surface area contributed by atoms with Crippen molar-refractivity contribution in [1.29, 1.82) is 0 Å². The fourth-order valence-corrected chi connectivity index (χ4v) is 5.30.